The first kappa shape index (κ1) is 21.8. The number of carbonyl (C=O) groups is 2. The topological polar surface area (TPSA) is 106 Å². The molecule has 0 aliphatic rings. The molecule has 0 heterocycles. The van der Waals surface area contributed by atoms with E-state index in [1.165, 1.54) is 25.2 Å². The summed E-state index contributed by atoms with van der Waals surface area (Å²) >= 11 is 0. The van der Waals surface area contributed by atoms with Crippen molar-refractivity contribution in [2.24, 2.45) is 0 Å². The van der Waals surface area contributed by atoms with Crippen molar-refractivity contribution in [3.8, 4) is 0 Å². The second kappa shape index (κ2) is 9.15. The SMILES string of the molecule is Cc1ccc([N+](=O)[O-])cc1NC(=O)C[NH+](C)CC(=O)Nc1ccc(F)c(F)c1F. The van der Waals surface area contributed by atoms with E-state index in [-0.39, 0.29) is 24.5 Å². The van der Waals surface area contributed by atoms with Crippen LogP contribution in [0.15, 0.2) is 30.3 Å². The highest BCUT2D eigenvalue weighted by Gasteiger charge is 2.19. The maximum absolute atomic E-state index is 13.6. The number of nitro groups is 1. The summed E-state index contributed by atoms with van der Waals surface area (Å²) in [6, 6.07) is 5.59. The number of nitrogens with zero attached hydrogens (tertiary/aromatic N) is 1. The summed E-state index contributed by atoms with van der Waals surface area (Å²) in [6.07, 6.45) is 0. The quantitative estimate of drug-likeness (QED) is 0.364. The summed E-state index contributed by atoms with van der Waals surface area (Å²) in [4.78, 5) is 34.8. The molecule has 0 aliphatic heterocycles. The fraction of sp³-hybridized carbons (Fsp3) is 0.222. The molecular formula is C18H18F3N4O4+. The maximum Gasteiger partial charge on any atom is 0.279 e. The van der Waals surface area contributed by atoms with Gasteiger partial charge in [-0.25, -0.2) is 13.2 Å². The van der Waals surface area contributed by atoms with Crippen LogP contribution in [0.25, 0.3) is 0 Å². The molecule has 0 radical (unpaired) electrons. The standard InChI is InChI=1S/C18H17F3N4O4/c1-10-3-4-11(25(28)29)7-14(10)23-16(27)9-24(2)8-15(26)22-13-6-5-12(19)17(20)18(13)21/h3-7H,8-9H2,1-2H3,(H,22,26)(H,23,27)/p+1. The molecule has 1 atom stereocenters. The molecule has 11 heteroatoms. The van der Waals surface area contributed by atoms with Gasteiger partial charge in [-0.1, -0.05) is 6.07 Å². The average Bonchev–Trinajstić information content (AvgIpc) is 2.63. The molecule has 2 amide bonds. The van der Waals surface area contributed by atoms with Crippen molar-refractivity contribution in [3.05, 3.63) is 63.5 Å². The molecule has 1 unspecified atom stereocenters. The number of aryl methyl sites for hydroxylation is 1. The maximum atomic E-state index is 13.6. The van der Waals surface area contributed by atoms with Gasteiger partial charge in [0, 0.05) is 12.1 Å². The number of hydrogen-bond donors (Lipinski definition) is 3. The third kappa shape index (κ3) is 5.75. The summed E-state index contributed by atoms with van der Waals surface area (Å²) < 4.78 is 39.7. The number of likely N-dealkylation sites (N-methyl/N-ethyl adjacent to an activating group) is 1. The zero-order chi connectivity index (χ0) is 21.7. The van der Waals surface area contributed by atoms with Crippen molar-refractivity contribution in [2.75, 3.05) is 30.8 Å². The number of anilines is 2. The Labute approximate surface area is 163 Å². The smallest absolute Gasteiger partial charge is 0.279 e. The first-order chi connectivity index (χ1) is 13.6. The van der Waals surface area contributed by atoms with E-state index in [0.29, 0.717) is 16.5 Å². The second-order valence-electron chi connectivity index (χ2n) is 6.39. The Morgan fingerprint density at radius 2 is 1.59 bits per heavy atom. The molecule has 0 saturated heterocycles. The molecule has 0 aromatic heterocycles. The Hall–Kier alpha value is -3.47. The van der Waals surface area contributed by atoms with E-state index in [1.807, 2.05) is 0 Å². The number of non-ortho nitro benzene ring substituents is 1. The molecular weight excluding hydrogens is 393 g/mol. The van der Waals surface area contributed by atoms with E-state index >= 15 is 0 Å². The first-order valence-electron chi connectivity index (χ1n) is 8.38. The zero-order valence-corrected chi connectivity index (χ0v) is 15.5. The number of amides is 2. The third-order valence-corrected chi connectivity index (χ3v) is 3.94. The van der Waals surface area contributed by atoms with Gasteiger partial charge in [0.1, 0.15) is 0 Å². The normalized spacial score (nSPS) is 11.6. The van der Waals surface area contributed by atoms with Crippen molar-refractivity contribution in [1.82, 2.24) is 0 Å². The second-order valence-corrected chi connectivity index (χ2v) is 6.39. The van der Waals surface area contributed by atoms with Gasteiger partial charge in [-0.2, -0.15) is 0 Å². The highest BCUT2D eigenvalue weighted by Crippen LogP contribution is 2.21. The molecule has 3 N–H and O–H groups in total. The summed E-state index contributed by atoms with van der Waals surface area (Å²) in [7, 11) is 1.51. The van der Waals surface area contributed by atoms with Crippen molar-refractivity contribution in [3.63, 3.8) is 0 Å². The van der Waals surface area contributed by atoms with Crippen LogP contribution in [0, 0.1) is 34.5 Å². The summed E-state index contributed by atoms with van der Waals surface area (Å²) in [5.74, 6) is -5.81. The minimum absolute atomic E-state index is 0.171. The predicted molar refractivity (Wildman–Crippen MR) is 98.0 cm³/mol. The van der Waals surface area contributed by atoms with Gasteiger partial charge >= 0.3 is 0 Å². The van der Waals surface area contributed by atoms with Crippen molar-refractivity contribution >= 4 is 28.9 Å². The lowest BCUT2D eigenvalue weighted by Gasteiger charge is -2.15. The molecule has 0 bridgehead atoms. The van der Waals surface area contributed by atoms with Crippen LogP contribution >= 0.6 is 0 Å². The van der Waals surface area contributed by atoms with Crippen LogP contribution in [0.2, 0.25) is 0 Å². The Morgan fingerprint density at radius 1 is 1.00 bits per heavy atom. The van der Waals surface area contributed by atoms with Crippen LogP contribution in [-0.4, -0.2) is 36.9 Å². The molecule has 0 aliphatic carbocycles. The van der Waals surface area contributed by atoms with Gasteiger partial charge in [0.05, 0.1) is 23.3 Å². The number of halogens is 3. The van der Waals surface area contributed by atoms with E-state index in [4.69, 9.17) is 0 Å². The number of hydrogen-bond acceptors (Lipinski definition) is 4. The number of nitrogens with one attached hydrogen (secondary N) is 3. The summed E-state index contributed by atoms with van der Waals surface area (Å²) in [5.41, 5.74) is 0.191. The highest BCUT2D eigenvalue weighted by atomic mass is 19.2. The minimum Gasteiger partial charge on any atom is -0.322 e. The van der Waals surface area contributed by atoms with Gasteiger partial charge in [-0.15, -0.1) is 0 Å². The van der Waals surface area contributed by atoms with Crippen LogP contribution in [0.5, 0.6) is 0 Å². The van der Waals surface area contributed by atoms with E-state index in [0.717, 1.165) is 6.07 Å². The van der Waals surface area contributed by atoms with E-state index in [2.05, 4.69) is 10.6 Å². The van der Waals surface area contributed by atoms with Crippen LogP contribution in [0.3, 0.4) is 0 Å². The van der Waals surface area contributed by atoms with Gasteiger partial charge in [-0.05, 0) is 24.6 Å². The largest absolute Gasteiger partial charge is 0.322 e. The molecule has 29 heavy (non-hydrogen) atoms. The minimum atomic E-state index is -1.70. The molecule has 2 aromatic carbocycles. The third-order valence-electron chi connectivity index (χ3n) is 3.94. The summed E-state index contributed by atoms with van der Waals surface area (Å²) in [6.45, 7) is 1.23. The molecule has 154 valence electrons. The van der Waals surface area contributed by atoms with Crippen molar-refractivity contribution in [2.45, 2.75) is 6.92 Å². The Morgan fingerprint density at radius 3 is 2.17 bits per heavy atom. The first-order valence-corrected chi connectivity index (χ1v) is 8.38. The Balaban J connectivity index is 1.93. The van der Waals surface area contributed by atoms with E-state index in [1.54, 1.807) is 6.92 Å². The predicted octanol–water partition coefficient (Wildman–Crippen LogP) is 1.41. The van der Waals surface area contributed by atoms with Gasteiger partial charge in [0.2, 0.25) is 0 Å². The van der Waals surface area contributed by atoms with Crippen LogP contribution in [0.4, 0.5) is 30.2 Å². The fourth-order valence-corrected chi connectivity index (χ4v) is 2.48. The van der Waals surface area contributed by atoms with Crippen LogP contribution in [-0.2, 0) is 9.59 Å². The molecule has 2 rings (SSSR count). The van der Waals surface area contributed by atoms with E-state index < -0.39 is 39.9 Å². The Bertz CT molecular complexity index is 968. The van der Waals surface area contributed by atoms with Gasteiger partial charge in [0.15, 0.2) is 30.5 Å². The van der Waals surface area contributed by atoms with Crippen LogP contribution in [0.1, 0.15) is 5.56 Å². The molecule has 0 spiro atoms. The Kier molecular flexibility index (Phi) is 6.89. The van der Waals surface area contributed by atoms with Gasteiger partial charge < -0.3 is 15.5 Å². The molecule has 2 aromatic rings. The van der Waals surface area contributed by atoms with Gasteiger partial charge in [0.25, 0.3) is 17.5 Å². The lowest BCUT2D eigenvalue weighted by molar-refractivity contribution is -0.862. The number of carbonyl (C=O) groups excluding carboxylic acids is 2. The van der Waals surface area contributed by atoms with Crippen molar-refractivity contribution in [1.29, 1.82) is 0 Å². The number of quaternary nitrogens is 1. The van der Waals surface area contributed by atoms with E-state index in [9.17, 15) is 32.9 Å². The number of nitro benzene ring substituents is 1. The highest BCUT2D eigenvalue weighted by molar-refractivity contribution is 5.93. The van der Waals surface area contributed by atoms with Crippen molar-refractivity contribution < 1.29 is 32.6 Å². The monoisotopic (exact) mass is 411 g/mol. The number of benzene rings is 2. The molecule has 8 nitrogen and oxygen atoms in total. The van der Waals surface area contributed by atoms with Gasteiger partial charge in [-0.3, -0.25) is 19.7 Å². The summed E-state index contributed by atoms with van der Waals surface area (Å²) in [5, 5.41) is 15.5. The zero-order valence-electron chi connectivity index (χ0n) is 15.5. The fourth-order valence-electron chi connectivity index (χ4n) is 2.48. The molecule has 0 saturated carbocycles. The number of rotatable bonds is 7. The lowest BCUT2D eigenvalue weighted by atomic mass is 10.2. The molecule has 0 fully saturated rings. The lowest BCUT2D eigenvalue weighted by Crippen LogP contribution is -3.11. The van der Waals surface area contributed by atoms with Crippen LogP contribution < -0.4 is 15.5 Å². The average molecular weight is 411 g/mol.